The Hall–Kier alpha value is -3.94. The number of benzene rings is 2. The van der Waals surface area contributed by atoms with E-state index in [4.69, 9.17) is 5.73 Å². The van der Waals surface area contributed by atoms with Crippen molar-refractivity contribution in [2.75, 3.05) is 16.0 Å². The van der Waals surface area contributed by atoms with Crippen LogP contribution >= 0.6 is 23.1 Å². The Morgan fingerprint density at radius 3 is 2.66 bits per heavy atom. The number of ketones is 1. The van der Waals surface area contributed by atoms with Crippen LogP contribution in [0, 0.1) is 23.7 Å². The van der Waals surface area contributed by atoms with Crippen LogP contribution < -0.4 is 16.0 Å². The fraction of sp³-hybridized carbons (Fsp3) is 0.323. The zero-order chi connectivity index (χ0) is 29.3. The molecule has 0 saturated carbocycles. The van der Waals surface area contributed by atoms with Crippen LogP contribution in [0.4, 0.5) is 10.8 Å². The van der Waals surface area contributed by atoms with E-state index in [1.165, 1.54) is 28.7 Å². The number of hydrogen-bond donors (Lipinski definition) is 2. The lowest BCUT2D eigenvalue weighted by molar-refractivity contribution is -0.118. The monoisotopic (exact) mass is 584 g/mol. The molecule has 1 amide bonds. The first-order valence-electron chi connectivity index (χ1n) is 13.5. The Labute approximate surface area is 248 Å². The quantitative estimate of drug-likeness (QED) is 0.320. The van der Waals surface area contributed by atoms with Crippen molar-refractivity contribution in [3.8, 4) is 6.07 Å². The van der Waals surface area contributed by atoms with Crippen molar-refractivity contribution in [2.45, 2.75) is 57.2 Å². The molecule has 0 radical (unpaired) electrons. The van der Waals surface area contributed by atoms with Gasteiger partial charge in [-0.3, -0.25) is 14.5 Å². The molecule has 0 bridgehead atoms. The highest BCUT2D eigenvalue weighted by molar-refractivity contribution is 8.01. The van der Waals surface area contributed by atoms with E-state index in [0.29, 0.717) is 33.5 Å². The van der Waals surface area contributed by atoms with E-state index in [9.17, 15) is 14.9 Å². The van der Waals surface area contributed by atoms with Gasteiger partial charge in [-0.2, -0.15) is 5.26 Å². The maximum Gasteiger partial charge on any atom is 0.234 e. The summed E-state index contributed by atoms with van der Waals surface area (Å²) < 4.78 is 0.590. The summed E-state index contributed by atoms with van der Waals surface area (Å²) in [4.78, 5) is 28.0. The molecule has 1 unspecified atom stereocenters. The number of rotatable bonds is 7. The first-order chi connectivity index (χ1) is 19.6. The number of nitrogens with one attached hydrogen (secondary N) is 1. The topological polar surface area (TPSA) is 125 Å². The predicted molar refractivity (Wildman–Crippen MR) is 163 cm³/mol. The van der Waals surface area contributed by atoms with Crippen molar-refractivity contribution in [3.63, 3.8) is 0 Å². The van der Waals surface area contributed by atoms with Crippen LogP contribution in [0.5, 0.6) is 0 Å². The molecule has 1 aromatic heterocycles. The molecule has 2 heterocycles. The number of Topliss-reactive ketones (excluding diaryl/α,β-unsaturated/α-hetero) is 1. The number of aryl methyl sites for hydroxylation is 2. The number of nitrogens with two attached hydrogens (primary N) is 1. The van der Waals surface area contributed by atoms with Gasteiger partial charge in [0.1, 0.15) is 5.82 Å². The van der Waals surface area contributed by atoms with Crippen molar-refractivity contribution >= 4 is 45.6 Å². The van der Waals surface area contributed by atoms with Crippen LogP contribution in [-0.4, -0.2) is 27.6 Å². The van der Waals surface area contributed by atoms with Crippen molar-refractivity contribution < 1.29 is 9.59 Å². The summed E-state index contributed by atoms with van der Waals surface area (Å²) in [6, 6.07) is 17.9. The number of anilines is 2. The van der Waals surface area contributed by atoms with Gasteiger partial charge in [0.15, 0.2) is 10.1 Å². The van der Waals surface area contributed by atoms with Gasteiger partial charge in [-0.25, -0.2) is 0 Å². The van der Waals surface area contributed by atoms with Gasteiger partial charge in [0.2, 0.25) is 11.0 Å². The number of carbonyl (C=O) groups is 2. The van der Waals surface area contributed by atoms with Gasteiger partial charge in [-0.05, 0) is 48.4 Å². The Bertz CT molecular complexity index is 1610. The molecule has 8 nitrogen and oxygen atoms in total. The fourth-order valence-corrected chi connectivity index (χ4v) is 7.09. The van der Waals surface area contributed by atoms with Crippen LogP contribution in [0.15, 0.2) is 75.5 Å². The molecule has 1 aliphatic carbocycles. The van der Waals surface area contributed by atoms with Crippen LogP contribution in [0.3, 0.4) is 0 Å². The first-order valence-corrected chi connectivity index (χ1v) is 15.3. The van der Waals surface area contributed by atoms with E-state index in [-0.39, 0.29) is 28.7 Å². The summed E-state index contributed by atoms with van der Waals surface area (Å²) in [5, 5.41) is 22.3. The molecule has 0 fully saturated rings. The molecule has 41 heavy (non-hydrogen) atoms. The lowest BCUT2D eigenvalue weighted by atomic mass is 9.68. The Morgan fingerprint density at radius 1 is 1.22 bits per heavy atom. The molecule has 1 aliphatic heterocycles. The van der Waals surface area contributed by atoms with E-state index in [0.717, 1.165) is 28.9 Å². The van der Waals surface area contributed by atoms with Crippen molar-refractivity contribution in [3.05, 3.63) is 87.9 Å². The van der Waals surface area contributed by atoms with E-state index < -0.39 is 5.92 Å². The zero-order valence-corrected chi connectivity index (χ0v) is 25.2. The van der Waals surface area contributed by atoms with Crippen LogP contribution in [0.2, 0.25) is 0 Å². The lowest BCUT2D eigenvalue weighted by Crippen LogP contribution is -2.42. The number of aromatic nitrogens is 2. The smallest absolute Gasteiger partial charge is 0.234 e. The van der Waals surface area contributed by atoms with Gasteiger partial charge in [-0.15, -0.1) is 10.2 Å². The number of thioether (sulfide) groups is 1. The van der Waals surface area contributed by atoms with Crippen molar-refractivity contribution in [1.29, 1.82) is 5.26 Å². The molecule has 0 saturated heterocycles. The summed E-state index contributed by atoms with van der Waals surface area (Å²) >= 11 is 2.56. The Kier molecular flexibility index (Phi) is 8.02. The minimum atomic E-state index is -0.536. The Morgan fingerprint density at radius 2 is 1.98 bits per heavy atom. The normalized spacial score (nSPS) is 18.3. The summed E-state index contributed by atoms with van der Waals surface area (Å²) in [6.45, 7) is 8.19. The number of amides is 1. The lowest BCUT2D eigenvalue weighted by Gasteiger charge is -2.42. The minimum Gasteiger partial charge on any atom is -0.384 e. The summed E-state index contributed by atoms with van der Waals surface area (Å²) in [6.07, 6.45) is 1.91. The van der Waals surface area contributed by atoms with Gasteiger partial charge in [-0.1, -0.05) is 85.8 Å². The minimum absolute atomic E-state index is 0.00996. The molecule has 2 aliphatic rings. The van der Waals surface area contributed by atoms with Gasteiger partial charge in [0.05, 0.1) is 23.3 Å². The van der Waals surface area contributed by atoms with Crippen molar-refractivity contribution in [1.82, 2.24) is 10.2 Å². The van der Waals surface area contributed by atoms with Crippen LogP contribution in [-0.2, 0) is 16.0 Å². The second kappa shape index (κ2) is 11.5. The maximum atomic E-state index is 13.7. The maximum absolute atomic E-state index is 13.7. The molecule has 0 spiro atoms. The summed E-state index contributed by atoms with van der Waals surface area (Å²) in [7, 11) is 0. The average Bonchev–Trinajstić information content (AvgIpc) is 3.39. The molecule has 2 aromatic carbocycles. The zero-order valence-electron chi connectivity index (χ0n) is 23.5. The molecule has 5 rings (SSSR count). The second-order valence-corrected chi connectivity index (χ2v) is 13.3. The molecule has 210 valence electrons. The molecule has 1 atom stereocenters. The number of allylic oxidation sites excluding steroid dienone is 3. The number of nitriles is 1. The highest BCUT2D eigenvalue weighted by atomic mass is 32.2. The molecule has 3 aromatic rings. The SMILES string of the molecule is CCc1ccc(NC(=O)CSc2nnc(N3C(N)=C(C#N)C(c4cccc(C)c4)C4=C3CC(C)(C)CC4=O)s2)cc1. The first kappa shape index (κ1) is 28.6. The van der Waals surface area contributed by atoms with E-state index in [2.05, 4.69) is 42.4 Å². The molecule has 10 heteroatoms. The third-order valence-electron chi connectivity index (χ3n) is 7.32. The number of nitrogens with zero attached hydrogens (tertiary/aromatic N) is 4. The second-order valence-electron chi connectivity index (χ2n) is 11.1. The van der Waals surface area contributed by atoms with Gasteiger partial charge < -0.3 is 11.1 Å². The van der Waals surface area contributed by atoms with Crippen molar-refractivity contribution in [2.24, 2.45) is 11.1 Å². The average molecular weight is 585 g/mol. The van der Waals surface area contributed by atoms with E-state index in [1.807, 2.05) is 55.5 Å². The van der Waals surface area contributed by atoms with Gasteiger partial charge in [0, 0.05) is 23.4 Å². The third-order valence-corrected chi connectivity index (χ3v) is 9.36. The summed E-state index contributed by atoms with van der Waals surface area (Å²) in [5.74, 6) is -0.259. The largest absolute Gasteiger partial charge is 0.384 e. The number of hydrogen-bond acceptors (Lipinski definition) is 9. The standard InChI is InChI=1S/C31H32N6O2S2/c1-5-19-9-11-21(12-10-19)34-25(39)17-40-30-36-35-29(41-30)37-23-14-31(3,4)15-24(38)27(23)26(22(16-32)28(37)33)20-8-6-7-18(2)13-20/h6-13,26H,5,14-15,17,33H2,1-4H3,(H,34,39). The molecular formula is C31H32N6O2S2. The molecular weight excluding hydrogens is 553 g/mol. The fourth-order valence-electron chi connectivity index (χ4n) is 5.41. The summed E-state index contributed by atoms with van der Waals surface area (Å²) in [5.41, 5.74) is 12.0. The highest BCUT2D eigenvalue weighted by Gasteiger charge is 2.45. The third kappa shape index (κ3) is 5.92. The Balaban J connectivity index is 1.44. The van der Waals surface area contributed by atoms with Crippen LogP contribution in [0.1, 0.15) is 56.2 Å². The van der Waals surface area contributed by atoms with Gasteiger partial charge >= 0.3 is 0 Å². The highest BCUT2D eigenvalue weighted by Crippen LogP contribution is 2.50. The van der Waals surface area contributed by atoms with E-state index >= 15 is 0 Å². The predicted octanol–water partition coefficient (Wildman–Crippen LogP) is 6.08. The molecule has 3 N–H and O–H groups in total. The van der Waals surface area contributed by atoms with Crippen LogP contribution in [0.25, 0.3) is 0 Å². The van der Waals surface area contributed by atoms with E-state index in [1.54, 1.807) is 4.90 Å². The number of carbonyl (C=O) groups excluding carboxylic acids is 2. The van der Waals surface area contributed by atoms with Gasteiger partial charge in [0.25, 0.3) is 0 Å².